The minimum absolute atomic E-state index is 0. The lowest BCUT2D eigenvalue weighted by Gasteiger charge is -2.27. The van der Waals surface area contributed by atoms with Crippen LogP contribution in [-0.4, -0.2) is 63.3 Å². The fourth-order valence-corrected chi connectivity index (χ4v) is 3.11. The molecule has 1 aromatic carbocycles. The van der Waals surface area contributed by atoms with E-state index >= 15 is 0 Å². The molecule has 0 saturated carbocycles. The van der Waals surface area contributed by atoms with E-state index in [-0.39, 0.29) is 36.4 Å². The van der Waals surface area contributed by atoms with Gasteiger partial charge in [0.1, 0.15) is 12.4 Å². The molecule has 0 aliphatic carbocycles. The van der Waals surface area contributed by atoms with E-state index in [9.17, 15) is 4.79 Å². The van der Waals surface area contributed by atoms with Crippen molar-refractivity contribution in [1.82, 2.24) is 15.5 Å². The molecule has 1 amide bonds. The van der Waals surface area contributed by atoms with E-state index in [4.69, 9.17) is 9.47 Å². The van der Waals surface area contributed by atoms with Crippen LogP contribution < -0.4 is 15.4 Å². The third-order valence-corrected chi connectivity index (χ3v) is 4.70. The topological polar surface area (TPSA) is 75.2 Å². The maximum absolute atomic E-state index is 12.3. The first kappa shape index (κ1) is 25.5. The zero-order chi connectivity index (χ0) is 20.2. The van der Waals surface area contributed by atoms with E-state index in [1.807, 2.05) is 30.9 Å². The maximum atomic E-state index is 12.3. The zero-order valence-corrected chi connectivity index (χ0v) is 20.2. The number of piperidine rings is 1. The van der Waals surface area contributed by atoms with Crippen molar-refractivity contribution < 1.29 is 14.3 Å². The van der Waals surface area contributed by atoms with E-state index in [0.29, 0.717) is 32.3 Å². The summed E-state index contributed by atoms with van der Waals surface area (Å²) in [5.41, 5.74) is 2.18. The van der Waals surface area contributed by atoms with Gasteiger partial charge in [-0.1, -0.05) is 12.1 Å². The molecule has 0 bridgehead atoms. The summed E-state index contributed by atoms with van der Waals surface area (Å²) >= 11 is 0. The van der Waals surface area contributed by atoms with Crippen LogP contribution in [0.3, 0.4) is 0 Å². The van der Waals surface area contributed by atoms with Gasteiger partial charge >= 0.3 is 0 Å². The van der Waals surface area contributed by atoms with Gasteiger partial charge in [-0.3, -0.25) is 9.79 Å². The molecule has 2 rings (SSSR count). The van der Waals surface area contributed by atoms with E-state index in [2.05, 4.69) is 21.7 Å². The molecule has 0 aromatic heterocycles. The Hall–Kier alpha value is -1.55. The van der Waals surface area contributed by atoms with Gasteiger partial charge in [-0.05, 0) is 44.7 Å². The number of nitrogens with zero attached hydrogens (tertiary/aromatic N) is 2. The summed E-state index contributed by atoms with van der Waals surface area (Å²) < 4.78 is 11.2. The summed E-state index contributed by atoms with van der Waals surface area (Å²) in [7, 11) is 1.70. The Bertz CT molecular complexity index is 649. The Morgan fingerprint density at radius 1 is 1.17 bits per heavy atom. The lowest BCUT2D eigenvalue weighted by molar-refractivity contribution is -0.130. The largest absolute Gasteiger partial charge is 0.491 e. The summed E-state index contributed by atoms with van der Waals surface area (Å²) in [4.78, 5) is 18.4. The molecule has 1 saturated heterocycles. The second-order valence-electron chi connectivity index (χ2n) is 6.88. The van der Waals surface area contributed by atoms with Crippen molar-refractivity contribution >= 4 is 35.8 Å². The van der Waals surface area contributed by atoms with Crippen molar-refractivity contribution in [3.8, 4) is 5.75 Å². The van der Waals surface area contributed by atoms with Gasteiger partial charge in [0.25, 0.3) is 0 Å². The highest BCUT2D eigenvalue weighted by molar-refractivity contribution is 14.0. The number of ether oxygens (including phenoxy) is 2. The van der Waals surface area contributed by atoms with Crippen LogP contribution in [0.5, 0.6) is 5.75 Å². The van der Waals surface area contributed by atoms with Crippen LogP contribution in [-0.2, 0) is 16.1 Å². The molecule has 29 heavy (non-hydrogen) atoms. The van der Waals surface area contributed by atoms with Crippen molar-refractivity contribution in [2.24, 2.45) is 4.99 Å². The number of hydrogen-bond donors (Lipinski definition) is 2. The fraction of sp³-hybridized carbons (Fsp3) is 0.619. The molecule has 0 atom stereocenters. The molecular weight excluding hydrogens is 483 g/mol. The molecule has 0 radical (unpaired) electrons. The summed E-state index contributed by atoms with van der Waals surface area (Å²) in [6.45, 7) is 8.31. The van der Waals surface area contributed by atoms with Crippen molar-refractivity contribution in [2.45, 2.75) is 39.7 Å². The lowest BCUT2D eigenvalue weighted by atomic mass is 10.1. The number of benzene rings is 1. The maximum Gasteiger partial charge on any atom is 0.241 e. The average molecular weight is 518 g/mol. The first-order valence-electron chi connectivity index (χ1n) is 10.2. The third-order valence-electron chi connectivity index (χ3n) is 4.70. The van der Waals surface area contributed by atoms with Gasteiger partial charge in [-0.15, -0.1) is 24.0 Å². The second-order valence-corrected chi connectivity index (χ2v) is 6.88. The van der Waals surface area contributed by atoms with E-state index in [1.165, 1.54) is 6.42 Å². The Balaban J connectivity index is 0.00000420. The first-order valence-corrected chi connectivity index (χ1v) is 10.2. The highest BCUT2D eigenvalue weighted by atomic mass is 127. The average Bonchev–Trinajstić information content (AvgIpc) is 2.73. The van der Waals surface area contributed by atoms with Gasteiger partial charge < -0.3 is 25.0 Å². The highest BCUT2D eigenvalue weighted by Gasteiger charge is 2.16. The zero-order valence-electron chi connectivity index (χ0n) is 17.8. The Labute approximate surface area is 191 Å². The molecular formula is C21H35IN4O3. The summed E-state index contributed by atoms with van der Waals surface area (Å²) in [6.07, 6.45) is 3.41. The minimum atomic E-state index is 0. The summed E-state index contributed by atoms with van der Waals surface area (Å²) in [5, 5.41) is 6.38. The van der Waals surface area contributed by atoms with Crippen LogP contribution in [0, 0.1) is 6.92 Å². The molecule has 7 nitrogen and oxygen atoms in total. The van der Waals surface area contributed by atoms with Crippen molar-refractivity contribution in [2.75, 3.05) is 46.5 Å². The first-order chi connectivity index (χ1) is 13.6. The molecule has 1 aromatic rings. The molecule has 1 heterocycles. The lowest BCUT2D eigenvalue weighted by Crippen LogP contribution is -2.45. The SMILES string of the molecule is CCOCCOc1cc(C)ccc1CNC(=NC)NCC(=O)N1CCCCC1.I. The molecule has 1 aliphatic heterocycles. The second kappa shape index (κ2) is 14.4. The van der Waals surface area contributed by atoms with Crippen LogP contribution in [0.4, 0.5) is 0 Å². The molecule has 164 valence electrons. The third kappa shape index (κ3) is 9.20. The number of halogens is 1. The number of amides is 1. The number of nitrogens with one attached hydrogen (secondary N) is 2. The van der Waals surface area contributed by atoms with E-state index < -0.39 is 0 Å². The van der Waals surface area contributed by atoms with E-state index in [0.717, 1.165) is 42.8 Å². The highest BCUT2D eigenvalue weighted by Crippen LogP contribution is 2.20. The number of aliphatic imine (C=N–C) groups is 1. The van der Waals surface area contributed by atoms with Gasteiger partial charge in [-0.25, -0.2) is 0 Å². The van der Waals surface area contributed by atoms with Crippen LogP contribution in [0.25, 0.3) is 0 Å². The minimum Gasteiger partial charge on any atom is -0.491 e. The van der Waals surface area contributed by atoms with Gasteiger partial charge in [0.2, 0.25) is 5.91 Å². The van der Waals surface area contributed by atoms with Gasteiger partial charge in [-0.2, -0.15) is 0 Å². The summed E-state index contributed by atoms with van der Waals surface area (Å²) in [5.74, 6) is 1.57. The number of carbonyl (C=O) groups excluding carboxylic acids is 1. The number of aryl methyl sites for hydroxylation is 1. The number of carbonyl (C=O) groups is 1. The van der Waals surface area contributed by atoms with Crippen molar-refractivity contribution in [1.29, 1.82) is 0 Å². The van der Waals surface area contributed by atoms with Crippen molar-refractivity contribution in [3.63, 3.8) is 0 Å². The Morgan fingerprint density at radius 2 is 1.93 bits per heavy atom. The van der Waals surface area contributed by atoms with Gasteiger partial charge in [0.15, 0.2) is 5.96 Å². The van der Waals surface area contributed by atoms with Crippen molar-refractivity contribution in [3.05, 3.63) is 29.3 Å². The number of rotatable bonds is 9. The molecule has 2 N–H and O–H groups in total. The number of likely N-dealkylation sites (tertiary alicyclic amines) is 1. The Morgan fingerprint density at radius 3 is 2.62 bits per heavy atom. The van der Waals surface area contributed by atoms with Crippen LogP contribution in [0.2, 0.25) is 0 Å². The standard InChI is InChI=1S/C21H34N4O3.HI/c1-4-27-12-13-28-19-14-17(2)8-9-18(19)15-23-21(22-3)24-16-20(26)25-10-6-5-7-11-25;/h8-9,14H,4-7,10-13,15-16H2,1-3H3,(H2,22,23,24);1H. The molecule has 0 unspecified atom stereocenters. The smallest absolute Gasteiger partial charge is 0.241 e. The van der Waals surface area contributed by atoms with Gasteiger partial charge in [0, 0.05) is 38.9 Å². The number of hydrogen-bond acceptors (Lipinski definition) is 4. The monoisotopic (exact) mass is 518 g/mol. The van der Waals surface area contributed by atoms with Crippen LogP contribution >= 0.6 is 24.0 Å². The molecule has 0 spiro atoms. The number of guanidine groups is 1. The van der Waals surface area contributed by atoms with Crippen LogP contribution in [0.1, 0.15) is 37.3 Å². The van der Waals surface area contributed by atoms with E-state index in [1.54, 1.807) is 7.05 Å². The quantitative estimate of drug-likeness (QED) is 0.228. The fourth-order valence-electron chi connectivity index (χ4n) is 3.11. The normalized spacial score (nSPS) is 14.2. The molecule has 8 heteroatoms. The summed E-state index contributed by atoms with van der Waals surface area (Å²) in [6, 6.07) is 6.13. The van der Waals surface area contributed by atoms with Gasteiger partial charge in [0.05, 0.1) is 13.2 Å². The molecule has 1 fully saturated rings. The van der Waals surface area contributed by atoms with Crippen LogP contribution in [0.15, 0.2) is 23.2 Å². The predicted octanol–water partition coefficient (Wildman–Crippen LogP) is 2.71. The predicted molar refractivity (Wildman–Crippen MR) is 127 cm³/mol. The molecule has 1 aliphatic rings. The Kier molecular flexibility index (Phi) is 12.7.